The molecular weight excluding hydrogens is 552 g/mol. The van der Waals surface area contributed by atoms with Crippen LogP contribution < -0.4 is 19.5 Å². The Kier molecular flexibility index (Phi) is 8.89. The van der Waals surface area contributed by atoms with Crippen molar-refractivity contribution >= 4 is 5.82 Å². The second-order valence-electron chi connectivity index (χ2n) is 9.67. The lowest BCUT2D eigenvalue weighted by Gasteiger charge is -2.28. The van der Waals surface area contributed by atoms with Crippen molar-refractivity contribution in [3.05, 3.63) is 118 Å². The molecular formula is C29H25F6N3O3. The zero-order valence-corrected chi connectivity index (χ0v) is 21.8. The number of benzene rings is 2. The maximum atomic E-state index is 13.8. The van der Waals surface area contributed by atoms with Gasteiger partial charge in [0.2, 0.25) is 0 Å². The molecule has 0 saturated heterocycles. The number of nitrogens with one attached hydrogen (secondary N) is 1. The van der Waals surface area contributed by atoms with Crippen LogP contribution in [0.4, 0.5) is 32.2 Å². The largest absolute Gasteiger partial charge is 0.619 e. The minimum atomic E-state index is -3.28. The number of nitrogens with zero attached hydrogens (tertiary/aromatic N) is 2. The Morgan fingerprint density at radius 3 is 2.02 bits per heavy atom. The molecule has 0 radical (unpaired) electrons. The average molecular weight is 578 g/mol. The molecule has 6 nitrogen and oxygen atoms in total. The van der Waals surface area contributed by atoms with Crippen LogP contribution in [0.25, 0.3) is 0 Å². The molecule has 0 fully saturated rings. The predicted octanol–water partition coefficient (Wildman–Crippen LogP) is 6.92. The number of aromatic nitrogens is 2. The quantitative estimate of drug-likeness (QED) is 0.119. The van der Waals surface area contributed by atoms with Crippen LogP contribution in [0, 0.1) is 16.8 Å². The molecule has 0 aliphatic heterocycles. The topological polar surface area (TPSA) is 70.3 Å². The van der Waals surface area contributed by atoms with E-state index in [1.54, 1.807) is 38.1 Å². The highest BCUT2D eigenvalue weighted by Gasteiger charge is 2.24. The number of rotatable bonds is 11. The Morgan fingerprint density at radius 2 is 1.44 bits per heavy atom. The van der Waals surface area contributed by atoms with E-state index in [-0.39, 0.29) is 6.42 Å². The summed E-state index contributed by atoms with van der Waals surface area (Å²) < 4.78 is 88.8. The zero-order valence-electron chi connectivity index (χ0n) is 21.8. The monoisotopic (exact) mass is 577 g/mol. The summed E-state index contributed by atoms with van der Waals surface area (Å²) in [5, 5.41) is 14.6. The van der Waals surface area contributed by atoms with E-state index in [4.69, 9.17) is 0 Å². The summed E-state index contributed by atoms with van der Waals surface area (Å²) in [4.78, 5) is 4.44. The molecule has 0 saturated carbocycles. The molecule has 0 amide bonds. The molecule has 1 unspecified atom stereocenters. The first kappa shape index (κ1) is 29.5. The predicted molar refractivity (Wildman–Crippen MR) is 138 cm³/mol. The first-order valence-electron chi connectivity index (χ1n) is 12.3. The van der Waals surface area contributed by atoms with E-state index in [1.165, 1.54) is 42.9 Å². The smallest absolute Gasteiger partial charge is 0.387 e. The Labute approximate surface area is 231 Å². The number of halogens is 6. The van der Waals surface area contributed by atoms with Gasteiger partial charge < -0.3 is 20.0 Å². The summed E-state index contributed by atoms with van der Waals surface area (Å²) in [6.07, 6.45) is 4.43. The number of pyridine rings is 2. The normalized spacial score (nSPS) is 12.4. The summed E-state index contributed by atoms with van der Waals surface area (Å²) >= 11 is 0. The van der Waals surface area contributed by atoms with E-state index in [2.05, 4.69) is 19.8 Å². The molecule has 0 aliphatic rings. The lowest BCUT2D eigenvalue weighted by molar-refractivity contribution is -0.605. The second kappa shape index (κ2) is 12.4. The lowest BCUT2D eigenvalue weighted by Crippen LogP contribution is -2.28. The van der Waals surface area contributed by atoms with E-state index in [0.717, 1.165) is 17.7 Å². The van der Waals surface area contributed by atoms with Crippen molar-refractivity contribution in [2.24, 2.45) is 0 Å². The number of anilines is 1. The molecule has 216 valence electrons. The maximum absolute atomic E-state index is 13.8. The van der Waals surface area contributed by atoms with Gasteiger partial charge in [-0.2, -0.15) is 22.3 Å². The second-order valence-corrected chi connectivity index (χ2v) is 9.67. The van der Waals surface area contributed by atoms with Crippen molar-refractivity contribution in [2.75, 3.05) is 5.32 Å². The van der Waals surface area contributed by atoms with Crippen molar-refractivity contribution in [1.29, 1.82) is 0 Å². The van der Waals surface area contributed by atoms with Crippen LogP contribution in [-0.2, 0) is 12.0 Å². The third-order valence-corrected chi connectivity index (χ3v) is 6.33. The van der Waals surface area contributed by atoms with Gasteiger partial charge in [-0.05, 0) is 72.9 Å². The SMILES string of the molecule is CC(C)(Nc1ccc(C(Cc2cc[n+]([O-])cc2)c2ccc(OC(F)F)c(OC(F)F)c2)cn1)c1cc(F)cc(F)c1. The molecule has 1 N–H and O–H groups in total. The fourth-order valence-corrected chi connectivity index (χ4v) is 4.36. The van der Waals surface area contributed by atoms with Crippen LogP contribution in [0.3, 0.4) is 0 Å². The number of hydrogen-bond donors (Lipinski definition) is 1. The Morgan fingerprint density at radius 1 is 0.829 bits per heavy atom. The molecule has 4 rings (SSSR count). The van der Waals surface area contributed by atoms with E-state index < -0.39 is 47.8 Å². The van der Waals surface area contributed by atoms with Crippen molar-refractivity contribution in [1.82, 2.24) is 4.98 Å². The standard InChI is InChI=1S/C29H25F6N3O3/c1-29(2,20-13-21(30)15-22(31)14-20)37-26-6-4-19(16-36-26)23(11-17-7-9-38(39)10-8-17)18-3-5-24(40-27(32)33)25(12-18)41-28(34)35/h3-10,12-16,23,27-28H,11H2,1-2H3,(H,36,37). The van der Waals surface area contributed by atoms with E-state index in [9.17, 15) is 31.5 Å². The first-order chi connectivity index (χ1) is 19.4. The third-order valence-electron chi connectivity index (χ3n) is 6.33. The molecule has 4 aromatic rings. The first-order valence-corrected chi connectivity index (χ1v) is 12.3. The third kappa shape index (κ3) is 7.80. The van der Waals surface area contributed by atoms with Crippen LogP contribution >= 0.6 is 0 Å². The van der Waals surface area contributed by atoms with Crippen molar-refractivity contribution in [2.45, 2.75) is 44.9 Å². The van der Waals surface area contributed by atoms with Crippen molar-refractivity contribution in [3.8, 4) is 11.5 Å². The highest BCUT2D eigenvalue weighted by Crippen LogP contribution is 2.37. The van der Waals surface area contributed by atoms with Crippen molar-refractivity contribution < 1.29 is 40.5 Å². The van der Waals surface area contributed by atoms with Crippen LogP contribution in [0.2, 0.25) is 0 Å². The van der Waals surface area contributed by atoms with Crippen LogP contribution in [0.5, 0.6) is 11.5 Å². The summed E-state index contributed by atoms with van der Waals surface area (Å²) in [6, 6.07) is 13.5. The lowest BCUT2D eigenvalue weighted by atomic mass is 9.86. The van der Waals surface area contributed by atoms with Crippen LogP contribution in [-0.4, -0.2) is 18.2 Å². The molecule has 41 heavy (non-hydrogen) atoms. The number of ether oxygens (including phenoxy) is 2. The highest BCUT2D eigenvalue weighted by atomic mass is 19.3. The molecule has 12 heteroatoms. The van der Waals surface area contributed by atoms with Gasteiger partial charge in [-0.1, -0.05) is 12.1 Å². The van der Waals surface area contributed by atoms with Gasteiger partial charge in [0.15, 0.2) is 23.9 Å². The summed E-state index contributed by atoms with van der Waals surface area (Å²) in [7, 11) is 0. The summed E-state index contributed by atoms with van der Waals surface area (Å²) in [5.41, 5.74) is 1.23. The zero-order chi connectivity index (χ0) is 29.7. The highest BCUT2D eigenvalue weighted by molar-refractivity contribution is 5.48. The van der Waals surface area contributed by atoms with E-state index in [0.29, 0.717) is 27.2 Å². The van der Waals surface area contributed by atoms with Gasteiger partial charge in [-0.15, -0.1) is 0 Å². The average Bonchev–Trinajstić information content (AvgIpc) is 2.89. The van der Waals surface area contributed by atoms with E-state index >= 15 is 0 Å². The summed E-state index contributed by atoms with van der Waals surface area (Å²) in [5.74, 6) is -2.71. The minimum Gasteiger partial charge on any atom is -0.619 e. The maximum Gasteiger partial charge on any atom is 0.387 e. The van der Waals surface area contributed by atoms with Gasteiger partial charge in [0, 0.05) is 30.3 Å². The molecule has 2 heterocycles. The molecule has 0 bridgehead atoms. The molecule has 0 spiro atoms. The van der Waals surface area contributed by atoms with Gasteiger partial charge in [0.05, 0.1) is 5.54 Å². The fraction of sp³-hybridized carbons (Fsp3) is 0.241. The van der Waals surface area contributed by atoms with Gasteiger partial charge in [-0.25, -0.2) is 13.8 Å². The van der Waals surface area contributed by atoms with Gasteiger partial charge in [-0.3, -0.25) is 0 Å². The number of hydrogen-bond acceptors (Lipinski definition) is 5. The van der Waals surface area contributed by atoms with Gasteiger partial charge >= 0.3 is 13.2 Å². The molecule has 2 aromatic heterocycles. The fourth-order valence-electron chi connectivity index (χ4n) is 4.36. The Bertz CT molecular complexity index is 1450. The Balaban J connectivity index is 1.68. The van der Waals surface area contributed by atoms with Crippen LogP contribution in [0.15, 0.2) is 79.3 Å². The van der Waals surface area contributed by atoms with Gasteiger partial charge in [0.1, 0.15) is 17.5 Å². The molecule has 0 aliphatic carbocycles. The minimum absolute atomic E-state index is 0.284. The Hall–Kier alpha value is -4.48. The van der Waals surface area contributed by atoms with Gasteiger partial charge in [0.25, 0.3) is 0 Å². The van der Waals surface area contributed by atoms with Crippen molar-refractivity contribution in [3.63, 3.8) is 0 Å². The van der Waals surface area contributed by atoms with Crippen LogP contribution in [0.1, 0.15) is 42.0 Å². The number of alkyl halides is 4. The molecule has 2 aromatic carbocycles. The summed E-state index contributed by atoms with van der Waals surface area (Å²) in [6.45, 7) is -3.08. The van der Waals surface area contributed by atoms with E-state index in [1.807, 2.05) is 0 Å². The molecule has 1 atom stereocenters.